The molecular formula is C23H24BrFN2O3. The van der Waals surface area contributed by atoms with E-state index in [4.69, 9.17) is 4.74 Å². The number of hydrogen-bond donors (Lipinski definition) is 1. The summed E-state index contributed by atoms with van der Waals surface area (Å²) in [4.78, 5) is 25.8. The van der Waals surface area contributed by atoms with Crippen molar-refractivity contribution in [3.05, 3.63) is 63.5 Å². The van der Waals surface area contributed by atoms with Gasteiger partial charge in [-0.15, -0.1) is 0 Å². The normalized spacial score (nSPS) is 12.1. The summed E-state index contributed by atoms with van der Waals surface area (Å²) in [5.74, 6) is -0.934. The highest BCUT2D eigenvalue weighted by atomic mass is 79.9. The highest BCUT2D eigenvalue weighted by Gasteiger charge is 2.23. The van der Waals surface area contributed by atoms with Gasteiger partial charge in [-0.05, 0) is 56.2 Å². The number of fused-ring (bicyclic) bond motifs is 1. The largest absolute Gasteiger partial charge is 0.494 e. The number of amides is 1. The summed E-state index contributed by atoms with van der Waals surface area (Å²) in [6, 6.07) is 9.84. The van der Waals surface area contributed by atoms with Gasteiger partial charge in [0.05, 0.1) is 19.0 Å². The Hall–Kier alpha value is -2.67. The third-order valence-corrected chi connectivity index (χ3v) is 5.79. The molecule has 0 saturated carbocycles. The summed E-state index contributed by atoms with van der Waals surface area (Å²) in [5.41, 5.74) is 2.15. The van der Waals surface area contributed by atoms with Crippen LogP contribution in [-0.2, 0) is 11.2 Å². The SMILES string of the molecule is CCC(C)NC(=O)Cc1c(C)n(C(=O)c2ccc(Br)cc2)c2cc(F)c(OC)cc12. The maximum Gasteiger partial charge on any atom is 0.262 e. The number of methoxy groups -OCH3 is 1. The second-order valence-electron chi connectivity index (χ2n) is 7.27. The number of aromatic nitrogens is 1. The molecule has 30 heavy (non-hydrogen) atoms. The third-order valence-electron chi connectivity index (χ3n) is 5.26. The molecule has 0 bridgehead atoms. The molecule has 1 N–H and O–H groups in total. The van der Waals surface area contributed by atoms with Crippen molar-refractivity contribution < 1.29 is 18.7 Å². The lowest BCUT2D eigenvalue weighted by atomic mass is 10.1. The molecule has 0 fully saturated rings. The van der Waals surface area contributed by atoms with Gasteiger partial charge in [-0.3, -0.25) is 14.2 Å². The van der Waals surface area contributed by atoms with E-state index in [-0.39, 0.29) is 30.0 Å². The van der Waals surface area contributed by atoms with Crippen molar-refractivity contribution in [2.75, 3.05) is 7.11 Å². The number of rotatable bonds is 6. The second kappa shape index (κ2) is 9.00. The van der Waals surface area contributed by atoms with Crippen LogP contribution in [0.25, 0.3) is 10.9 Å². The number of nitrogens with one attached hydrogen (secondary N) is 1. The predicted octanol–water partition coefficient (Wildman–Crippen LogP) is 5.01. The van der Waals surface area contributed by atoms with E-state index < -0.39 is 5.82 Å². The number of halogens is 2. The zero-order chi connectivity index (χ0) is 22.0. The number of ether oxygens (including phenoxy) is 1. The average Bonchev–Trinajstić information content (AvgIpc) is 2.97. The monoisotopic (exact) mass is 474 g/mol. The van der Waals surface area contributed by atoms with E-state index >= 15 is 0 Å². The molecule has 158 valence electrons. The molecule has 1 heterocycles. The van der Waals surface area contributed by atoms with E-state index in [1.165, 1.54) is 17.7 Å². The number of nitrogens with zero attached hydrogens (tertiary/aromatic N) is 1. The van der Waals surface area contributed by atoms with Gasteiger partial charge >= 0.3 is 0 Å². The van der Waals surface area contributed by atoms with Gasteiger partial charge in [0.2, 0.25) is 5.91 Å². The lowest BCUT2D eigenvalue weighted by molar-refractivity contribution is -0.121. The van der Waals surface area contributed by atoms with E-state index in [0.717, 1.165) is 10.9 Å². The Balaban J connectivity index is 2.16. The zero-order valence-electron chi connectivity index (χ0n) is 17.4. The Kier molecular flexibility index (Phi) is 6.61. The first-order valence-corrected chi connectivity index (χ1v) is 10.5. The molecule has 1 unspecified atom stereocenters. The first-order chi connectivity index (χ1) is 14.3. The van der Waals surface area contributed by atoms with Crippen molar-refractivity contribution in [1.82, 2.24) is 9.88 Å². The molecule has 1 amide bonds. The summed E-state index contributed by atoms with van der Waals surface area (Å²) in [5, 5.41) is 3.56. The highest BCUT2D eigenvalue weighted by molar-refractivity contribution is 9.10. The van der Waals surface area contributed by atoms with Gasteiger partial charge in [0, 0.05) is 33.2 Å². The maximum absolute atomic E-state index is 14.5. The maximum atomic E-state index is 14.5. The van der Waals surface area contributed by atoms with Crippen LogP contribution in [0.3, 0.4) is 0 Å². The van der Waals surface area contributed by atoms with Gasteiger partial charge in [0.25, 0.3) is 5.91 Å². The van der Waals surface area contributed by atoms with E-state index in [1.807, 2.05) is 13.8 Å². The van der Waals surface area contributed by atoms with Crippen molar-refractivity contribution in [1.29, 1.82) is 0 Å². The van der Waals surface area contributed by atoms with Gasteiger partial charge in [-0.1, -0.05) is 22.9 Å². The number of benzene rings is 2. The summed E-state index contributed by atoms with van der Waals surface area (Å²) in [6.45, 7) is 5.70. The molecule has 0 aliphatic heterocycles. The molecule has 1 atom stereocenters. The first kappa shape index (κ1) is 22.0. The molecule has 1 aromatic heterocycles. The number of hydrogen-bond acceptors (Lipinski definition) is 3. The molecule has 0 saturated heterocycles. The third kappa shape index (κ3) is 4.26. The Bertz CT molecular complexity index is 1110. The average molecular weight is 475 g/mol. The van der Waals surface area contributed by atoms with Crippen LogP contribution in [0.1, 0.15) is 41.9 Å². The van der Waals surface area contributed by atoms with Crippen LogP contribution in [0.5, 0.6) is 5.75 Å². The zero-order valence-corrected chi connectivity index (χ0v) is 19.0. The quantitative estimate of drug-likeness (QED) is 0.546. The van der Waals surface area contributed by atoms with Crippen molar-refractivity contribution >= 4 is 38.6 Å². The summed E-state index contributed by atoms with van der Waals surface area (Å²) in [6.07, 6.45) is 0.898. The minimum Gasteiger partial charge on any atom is -0.494 e. The fraction of sp³-hybridized carbons (Fsp3) is 0.304. The minimum atomic E-state index is -0.567. The van der Waals surface area contributed by atoms with Gasteiger partial charge < -0.3 is 10.1 Å². The molecule has 3 rings (SSSR count). The molecule has 0 aliphatic rings. The molecular weight excluding hydrogens is 451 g/mol. The van der Waals surface area contributed by atoms with E-state index in [0.29, 0.717) is 27.7 Å². The topological polar surface area (TPSA) is 60.3 Å². The Labute approximate surface area is 183 Å². The van der Waals surface area contributed by atoms with Crippen molar-refractivity contribution in [3.63, 3.8) is 0 Å². The van der Waals surface area contributed by atoms with Gasteiger partial charge in [-0.2, -0.15) is 0 Å². The molecule has 7 heteroatoms. The Morgan fingerprint density at radius 1 is 1.23 bits per heavy atom. The van der Waals surface area contributed by atoms with Crippen LogP contribution in [0, 0.1) is 12.7 Å². The lowest BCUT2D eigenvalue weighted by Gasteiger charge is -2.12. The van der Waals surface area contributed by atoms with Crippen molar-refractivity contribution in [2.45, 2.75) is 39.7 Å². The highest BCUT2D eigenvalue weighted by Crippen LogP contribution is 2.32. The number of carbonyl (C=O) groups excluding carboxylic acids is 2. The molecule has 0 aliphatic carbocycles. The van der Waals surface area contributed by atoms with Crippen molar-refractivity contribution in [2.24, 2.45) is 0 Å². The lowest BCUT2D eigenvalue weighted by Crippen LogP contribution is -2.33. The van der Waals surface area contributed by atoms with Crippen LogP contribution in [0.2, 0.25) is 0 Å². The van der Waals surface area contributed by atoms with Crippen LogP contribution in [-0.4, -0.2) is 29.5 Å². The molecule has 5 nitrogen and oxygen atoms in total. The first-order valence-electron chi connectivity index (χ1n) is 9.73. The van der Waals surface area contributed by atoms with Gasteiger partial charge in [0.1, 0.15) is 0 Å². The molecule has 3 aromatic rings. The van der Waals surface area contributed by atoms with E-state index in [9.17, 15) is 14.0 Å². The summed E-state index contributed by atoms with van der Waals surface area (Å²) in [7, 11) is 1.39. The Morgan fingerprint density at radius 2 is 1.90 bits per heavy atom. The predicted molar refractivity (Wildman–Crippen MR) is 119 cm³/mol. The Morgan fingerprint density at radius 3 is 2.50 bits per heavy atom. The minimum absolute atomic E-state index is 0.0440. The smallest absolute Gasteiger partial charge is 0.262 e. The molecule has 0 radical (unpaired) electrons. The van der Waals surface area contributed by atoms with Crippen molar-refractivity contribution in [3.8, 4) is 5.75 Å². The fourth-order valence-corrected chi connectivity index (χ4v) is 3.70. The van der Waals surface area contributed by atoms with Gasteiger partial charge in [0.15, 0.2) is 11.6 Å². The van der Waals surface area contributed by atoms with Crippen LogP contribution >= 0.6 is 15.9 Å². The van der Waals surface area contributed by atoms with Crippen LogP contribution in [0.4, 0.5) is 4.39 Å². The fourth-order valence-electron chi connectivity index (χ4n) is 3.43. The standard InChI is InChI=1S/C23H24BrFN2O3/c1-5-13(2)26-22(28)11-17-14(3)27(23(29)15-6-8-16(24)9-7-15)20-12-19(25)21(30-4)10-18(17)20/h6-10,12-13H,5,11H2,1-4H3,(H,26,28). The van der Waals surface area contributed by atoms with Gasteiger partial charge in [-0.25, -0.2) is 4.39 Å². The molecule has 2 aromatic carbocycles. The summed E-state index contributed by atoms with van der Waals surface area (Å²) < 4.78 is 22.0. The van der Waals surface area contributed by atoms with Crippen LogP contribution in [0.15, 0.2) is 40.9 Å². The summed E-state index contributed by atoms with van der Waals surface area (Å²) >= 11 is 3.36. The second-order valence-corrected chi connectivity index (χ2v) is 8.18. The number of carbonyl (C=O) groups is 2. The van der Waals surface area contributed by atoms with E-state index in [1.54, 1.807) is 37.3 Å². The van der Waals surface area contributed by atoms with Crippen LogP contribution < -0.4 is 10.1 Å². The molecule has 0 spiro atoms. The van der Waals surface area contributed by atoms with E-state index in [2.05, 4.69) is 21.2 Å².